The standard InChI is InChI=1S/C21H18ClFN4OS2/c22-17-9-8-16(30-17)20-19(15-3-1-2-11-24-15)26-21(29)27(20)12-10-18(28)25-14-6-4-13(23)5-7-14/h1-9,11,19-20H,10,12H2,(H,25,28)(H,26,29)/t19-,20-/m1/s1. The number of amides is 1. The highest BCUT2D eigenvalue weighted by Crippen LogP contribution is 2.42. The molecule has 154 valence electrons. The number of thiocarbonyl (C=S) groups is 1. The second kappa shape index (κ2) is 9.07. The quantitative estimate of drug-likeness (QED) is 0.510. The maximum Gasteiger partial charge on any atom is 0.226 e. The number of carbonyl (C=O) groups is 1. The first-order valence-corrected chi connectivity index (χ1v) is 10.9. The van der Waals surface area contributed by atoms with Gasteiger partial charge in [0.05, 0.1) is 22.1 Å². The lowest BCUT2D eigenvalue weighted by Gasteiger charge is -2.26. The molecule has 1 aliphatic rings. The Hall–Kier alpha value is -2.55. The van der Waals surface area contributed by atoms with E-state index in [4.69, 9.17) is 23.8 Å². The van der Waals surface area contributed by atoms with Gasteiger partial charge in [0.2, 0.25) is 5.91 Å². The van der Waals surface area contributed by atoms with Gasteiger partial charge in [0.25, 0.3) is 0 Å². The highest BCUT2D eigenvalue weighted by Gasteiger charge is 2.40. The highest BCUT2D eigenvalue weighted by molar-refractivity contribution is 7.80. The first-order valence-electron chi connectivity index (χ1n) is 9.30. The largest absolute Gasteiger partial charge is 0.352 e. The third kappa shape index (κ3) is 4.61. The normalized spacial score (nSPS) is 18.3. The average Bonchev–Trinajstić information content (AvgIpc) is 3.31. The number of anilines is 1. The number of hydrogen-bond acceptors (Lipinski definition) is 4. The number of hydrogen-bond donors (Lipinski definition) is 2. The lowest BCUT2D eigenvalue weighted by atomic mass is 10.0. The van der Waals surface area contributed by atoms with Gasteiger partial charge < -0.3 is 15.5 Å². The Balaban J connectivity index is 1.51. The van der Waals surface area contributed by atoms with E-state index in [1.54, 1.807) is 6.20 Å². The molecule has 3 heterocycles. The van der Waals surface area contributed by atoms with Crippen LogP contribution in [0.5, 0.6) is 0 Å². The van der Waals surface area contributed by atoms with E-state index in [1.807, 2.05) is 35.2 Å². The summed E-state index contributed by atoms with van der Waals surface area (Å²) in [6.07, 6.45) is 1.97. The average molecular weight is 461 g/mol. The molecule has 1 aliphatic heterocycles. The molecule has 0 unspecified atom stereocenters. The molecule has 0 spiro atoms. The Morgan fingerprint density at radius 3 is 2.70 bits per heavy atom. The maximum atomic E-state index is 13.0. The van der Waals surface area contributed by atoms with Crippen molar-refractivity contribution in [1.82, 2.24) is 15.2 Å². The van der Waals surface area contributed by atoms with Crippen LogP contribution in [0.3, 0.4) is 0 Å². The van der Waals surface area contributed by atoms with Gasteiger partial charge in [-0.3, -0.25) is 9.78 Å². The molecule has 1 aromatic carbocycles. The van der Waals surface area contributed by atoms with E-state index < -0.39 is 0 Å². The molecule has 0 aliphatic carbocycles. The molecule has 0 saturated carbocycles. The molecular formula is C21H18ClFN4OS2. The van der Waals surface area contributed by atoms with E-state index in [9.17, 15) is 9.18 Å². The Morgan fingerprint density at radius 2 is 2.03 bits per heavy atom. The summed E-state index contributed by atoms with van der Waals surface area (Å²) in [7, 11) is 0. The zero-order valence-electron chi connectivity index (χ0n) is 15.7. The number of rotatable bonds is 6. The van der Waals surface area contributed by atoms with Gasteiger partial charge >= 0.3 is 0 Å². The second-order valence-corrected chi connectivity index (χ2v) is 8.90. The van der Waals surface area contributed by atoms with E-state index in [1.165, 1.54) is 35.6 Å². The monoisotopic (exact) mass is 460 g/mol. The number of thiophene rings is 1. The van der Waals surface area contributed by atoms with Crippen LogP contribution in [-0.4, -0.2) is 27.4 Å². The zero-order valence-corrected chi connectivity index (χ0v) is 18.1. The van der Waals surface area contributed by atoms with Gasteiger partial charge in [0.1, 0.15) is 5.82 Å². The van der Waals surface area contributed by atoms with E-state index in [0.29, 0.717) is 21.7 Å². The van der Waals surface area contributed by atoms with Crippen molar-refractivity contribution in [2.45, 2.75) is 18.5 Å². The molecule has 30 heavy (non-hydrogen) atoms. The Morgan fingerprint density at radius 1 is 1.23 bits per heavy atom. The molecule has 2 aromatic heterocycles. The molecular weight excluding hydrogens is 443 g/mol. The topological polar surface area (TPSA) is 57.3 Å². The molecule has 4 rings (SSSR count). The molecule has 0 bridgehead atoms. The fourth-order valence-electron chi connectivity index (χ4n) is 3.42. The summed E-state index contributed by atoms with van der Waals surface area (Å²) < 4.78 is 13.7. The predicted molar refractivity (Wildman–Crippen MR) is 121 cm³/mol. The van der Waals surface area contributed by atoms with Crippen LogP contribution in [0.1, 0.15) is 29.1 Å². The second-order valence-electron chi connectivity index (χ2n) is 6.77. The van der Waals surface area contributed by atoms with Crippen LogP contribution in [-0.2, 0) is 4.79 Å². The van der Waals surface area contributed by atoms with E-state index in [2.05, 4.69) is 15.6 Å². The summed E-state index contributed by atoms with van der Waals surface area (Å²) in [5, 5.41) is 6.69. The van der Waals surface area contributed by atoms with Gasteiger partial charge in [0, 0.05) is 29.7 Å². The van der Waals surface area contributed by atoms with Crippen molar-refractivity contribution in [1.29, 1.82) is 0 Å². The smallest absolute Gasteiger partial charge is 0.226 e. The minimum absolute atomic E-state index is 0.122. The SMILES string of the molecule is O=C(CCN1C(=S)N[C@H](c2ccccn2)[C@H]1c1ccc(Cl)s1)Nc1ccc(F)cc1. The van der Waals surface area contributed by atoms with Crippen molar-refractivity contribution in [2.75, 3.05) is 11.9 Å². The van der Waals surface area contributed by atoms with Crippen LogP contribution < -0.4 is 10.6 Å². The van der Waals surface area contributed by atoms with Crippen molar-refractivity contribution in [3.63, 3.8) is 0 Å². The Bertz CT molecular complexity index is 1040. The molecule has 1 amide bonds. The number of aromatic nitrogens is 1. The number of pyridine rings is 1. The van der Waals surface area contributed by atoms with Gasteiger partial charge in [-0.25, -0.2) is 4.39 Å². The minimum atomic E-state index is -0.348. The van der Waals surface area contributed by atoms with Crippen LogP contribution in [0.25, 0.3) is 0 Å². The summed E-state index contributed by atoms with van der Waals surface area (Å²) in [6.45, 7) is 0.419. The van der Waals surface area contributed by atoms with Crippen molar-refractivity contribution in [2.24, 2.45) is 0 Å². The molecule has 1 saturated heterocycles. The summed E-state index contributed by atoms with van der Waals surface area (Å²) in [6, 6.07) is 15.0. The van der Waals surface area contributed by atoms with E-state index in [-0.39, 0.29) is 30.2 Å². The number of halogens is 2. The molecule has 0 radical (unpaired) electrons. The lowest BCUT2D eigenvalue weighted by Crippen LogP contribution is -2.32. The van der Waals surface area contributed by atoms with Crippen molar-refractivity contribution in [3.05, 3.63) is 81.5 Å². The fourth-order valence-corrected chi connectivity index (χ4v) is 4.96. The third-order valence-corrected chi connectivity index (χ3v) is 6.45. The number of carbonyl (C=O) groups excluding carboxylic acids is 1. The first-order chi connectivity index (χ1) is 14.5. The third-order valence-electron chi connectivity index (χ3n) is 4.79. The molecule has 9 heteroatoms. The van der Waals surface area contributed by atoms with E-state index in [0.717, 1.165) is 10.6 Å². The van der Waals surface area contributed by atoms with Gasteiger partial charge in [0.15, 0.2) is 5.11 Å². The van der Waals surface area contributed by atoms with Gasteiger partial charge in [-0.05, 0) is 60.7 Å². The summed E-state index contributed by atoms with van der Waals surface area (Å²) in [4.78, 5) is 20.0. The first kappa shape index (κ1) is 20.7. The lowest BCUT2D eigenvalue weighted by molar-refractivity contribution is -0.116. The summed E-state index contributed by atoms with van der Waals surface area (Å²) >= 11 is 13.3. The molecule has 1 fully saturated rings. The summed E-state index contributed by atoms with van der Waals surface area (Å²) in [5.41, 5.74) is 1.42. The van der Waals surface area contributed by atoms with Gasteiger partial charge in [-0.1, -0.05) is 17.7 Å². The zero-order chi connectivity index (χ0) is 21.1. The van der Waals surface area contributed by atoms with Crippen molar-refractivity contribution < 1.29 is 9.18 Å². The number of nitrogens with one attached hydrogen (secondary N) is 2. The summed E-state index contributed by atoms with van der Waals surface area (Å²) in [5.74, 6) is -0.520. The van der Waals surface area contributed by atoms with Crippen LogP contribution in [0.15, 0.2) is 60.8 Å². The van der Waals surface area contributed by atoms with Crippen LogP contribution >= 0.6 is 35.2 Å². The Labute approximate surface area is 187 Å². The van der Waals surface area contributed by atoms with Gasteiger partial charge in [-0.2, -0.15) is 0 Å². The fraction of sp³-hybridized carbons (Fsp3) is 0.190. The van der Waals surface area contributed by atoms with E-state index >= 15 is 0 Å². The molecule has 2 N–H and O–H groups in total. The van der Waals surface area contributed by atoms with Crippen LogP contribution in [0, 0.1) is 5.82 Å². The molecule has 5 nitrogen and oxygen atoms in total. The number of nitrogens with zero attached hydrogens (tertiary/aromatic N) is 2. The van der Waals surface area contributed by atoms with Crippen LogP contribution in [0.2, 0.25) is 4.34 Å². The molecule has 3 aromatic rings. The molecule has 2 atom stereocenters. The number of benzene rings is 1. The van der Waals surface area contributed by atoms with Crippen molar-refractivity contribution >= 4 is 51.9 Å². The Kier molecular flexibility index (Phi) is 6.26. The van der Waals surface area contributed by atoms with Crippen molar-refractivity contribution in [3.8, 4) is 0 Å². The highest BCUT2D eigenvalue weighted by atomic mass is 35.5. The van der Waals surface area contributed by atoms with Crippen LogP contribution in [0.4, 0.5) is 10.1 Å². The van der Waals surface area contributed by atoms with Gasteiger partial charge in [-0.15, -0.1) is 11.3 Å². The minimum Gasteiger partial charge on any atom is -0.352 e. The maximum absolute atomic E-state index is 13.0. The predicted octanol–water partition coefficient (Wildman–Crippen LogP) is 4.94.